The van der Waals surface area contributed by atoms with Gasteiger partial charge in [-0.2, -0.15) is 0 Å². The van der Waals surface area contributed by atoms with Crippen LogP contribution in [0.1, 0.15) is 86.5 Å². The minimum absolute atomic E-state index is 0.292. The summed E-state index contributed by atoms with van der Waals surface area (Å²) >= 11 is 0. The van der Waals surface area contributed by atoms with Gasteiger partial charge in [-0.25, -0.2) is 0 Å². The van der Waals surface area contributed by atoms with Gasteiger partial charge in [0, 0.05) is 5.92 Å². The lowest BCUT2D eigenvalue weighted by Gasteiger charge is -2.59. The van der Waals surface area contributed by atoms with Crippen LogP contribution in [0.5, 0.6) is 0 Å². The average Bonchev–Trinajstić information content (AvgIpc) is 2.43. The van der Waals surface area contributed by atoms with E-state index in [1.807, 2.05) is 6.92 Å². The van der Waals surface area contributed by atoms with Gasteiger partial charge in [0.25, 0.3) is 0 Å². The lowest BCUT2D eigenvalue weighted by atomic mass is 9.46. The number of carbonyl (C=O) groups excluding carboxylic acids is 1. The van der Waals surface area contributed by atoms with E-state index in [-0.39, 0.29) is 0 Å². The van der Waals surface area contributed by atoms with Crippen LogP contribution in [-0.4, -0.2) is 5.78 Å². The Morgan fingerprint density at radius 1 is 1.00 bits per heavy atom. The zero-order valence-corrected chi connectivity index (χ0v) is 16.3. The van der Waals surface area contributed by atoms with Gasteiger partial charge in [0.05, 0.1) is 0 Å². The molecule has 0 spiro atoms. The van der Waals surface area contributed by atoms with E-state index in [0.29, 0.717) is 34.4 Å². The van der Waals surface area contributed by atoms with Gasteiger partial charge in [0.1, 0.15) is 5.78 Å². The molecule has 1 unspecified atom stereocenters. The highest BCUT2D eigenvalue weighted by molar-refractivity contribution is 5.78. The van der Waals surface area contributed by atoms with Crippen LogP contribution in [0.25, 0.3) is 0 Å². The van der Waals surface area contributed by atoms with Crippen molar-refractivity contribution >= 4 is 5.78 Å². The third-order valence-electron chi connectivity index (χ3n) is 8.66. The molecule has 7 atom stereocenters. The summed E-state index contributed by atoms with van der Waals surface area (Å²) in [4.78, 5) is 12.7. The van der Waals surface area contributed by atoms with Crippen molar-refractivity contribution in [1.29, 1.82) is 0 Å². The zero-order valence-electron chi connectivity index (χ0n) is 16.3. The number of carbonyl (C=O) groups is 1. The Hall–Kier alpha value is -0.330. The molecule has 0 aliphatic heterocycles. The van der Waals surface area contributed by atoms with Crippen LogP contribution in [0.2, 0.25) is 0 Å². The van der Waals surface area contributed by atoms with Crippen LogP contribution in [0.4, 0.5) is 0 Å². The van der Waals surface area contributed by atoms with E-state index < -0.39 is 0 Å². The third kappa shape index (κ3) is 2.81. The van der Waals surface area contributed by atoms with Gasteiger partial charge >= 0.3 is 0 Å². The molecule has 23 heavy (non-hydrogen) atoms. The van der Waals surface area contributed by atoms with Crippen molar-refractivity contribution in [2.75, 3.05) is 0 Å². The highest BCUT2D eigenvalue weighted by Gasteiger charge is 2.55. The smallest absolute Gasteiger partial charge is 0.133 e. The van der Waals surface area contributed by atoms with Crippen LogP contribution < -0.4 is 0 Å². The Morgan fingerprint density at radius 3 is 2.35 bits per heavy atom. The van der Waals surface area contributed by atoms with E-state index >= 15 is 0 Å². The van der Waals surface area contributed by atoms with E-state index in [1.165, 1.54) is 38.5 Å². The lowest BCUT2D eigenvalue weighted by molar-refractivity contribution is -0.140. The summed E-state index contributed by atoms with van der Waals surface area (Å²) in [5.74, 6) is 4.54. The maximum absolute atomic E-state index is 12.7. The fraction of sp³-hybridized carbons (Fsp3) is 0.955. The Morgan fingerprint density at radius 2 is 1.70 bits per heavy atom. The minimum Gasteiger partial charge on any atom is -0.300 e. The standard InChI is InChI=1S/C22H38O/c1-14-8-7-11-22(6)13-18(16(3)23)20-15(2)9-10-17(12-19(14)22)21(20,4)5/h14-15,17-20H,7-13H2,1-6H3/t14-,15-,17+,18?,19-,20-,22+/m1/s1. The van der Waals surface area contributed by atoms with Crippen molar-refractivity contribution in [1.82, 2.24) is 0 Å². The van der Waals surface area contributed by atoms with Gasteiger partial charge in [0.2, 0.25) is 0 Å². The molecule has 0 aromatic rings. The second-order valence-corrected chi connectivity index (χ2v) is 10.4. The fourth-order valence-electron chi connectivity index (χ4n) is 7.36. The Bertz CT molecular complexity index is 465. The summed E-state index contributed by atoms with van der Waals surface area (Å²) in [7, 11) is 0. The molecule has 3 rings (SSSR count). The van der Waals surface area contributed by atoms with Crippen molar-refractivity contribution < 1.29 is 4.79 Å². The molecule has 132 valence electrons. The number of Topliss-reactive ketones (excluding diaryl/α,β-unsaturated/α-hetero) is 1. The van der Waals surface area contributed by atoms with Crippen LogP contribution in [0, 0.1) is 46.3 Å². The quantitative estimate of drug-likeness (QED) is 0.569. The molecule has 1 heteroatoms. The second-order valence-electron chi connectivity index (χ2n) is 10.4. The van der Waals surface area contributed by atoms with Crippen molar-refractivity contribution in [2.45, 2.75) is 86.5 Å². The Balaban J connectivity index is 2.05. The molecule has 3 aliphatic rings. The molecule has 0 heterocycles. The van der Waals surface area contributed by atoms with Crippen molar-refractivity contribution in [3.63, 3.8) is 0 Å². The van der Waals surface area contributed by atoms with Crippen molar-refractivity contribution in [3.05, 3.63) is 0 Å². The summed E-state index contributed by atoms with van der Waals surface area (Å²) in [5.41, 5.74) is 0.727. The van der Waals surface area contributed by atoms with Gasteiger partial charge < -0.3 is 0 Å². The minimum atomic E-state index is 0.292. The highest BCUT2D eigenvalue weighted by Crippen LogP contribution is 2.61. The molecule has 0 saturated heterocycles. The molecule has 0 radical (unpaired) electrons. The van der Waals surface area contributed by atoms with Gasteiger partial charge in [-0.1, -0.05) is 53.9 Å². The van der Waals surface area contributed by atoms with Crippen LogP contribution in [0.3, 0.4) is 0 Å². The first-order chi connectivity index (χ1) is 10.7. The molecule has 3 saturated carbocycles. The number of rotatable bonds is 1. The molecule has 3 aliphatic carbocycles. The number of hydrogen-bond acceptors (Lipinski definition) is 1. The topological polar surface area (TPSA) is 17.1 Å². The van der Waals surface area contributed by atoms with Crippen LogP contribution >= 0.6 is 0 Å². The molecule has 0 amide bonds. The van der Waals surface area contributed by atoms with Gasteiger partial charge in [-0.15, -0.1) is 0 Å². The van der Waals surface area contributed by atoms with E-state index in [9.17, 15) is 4.79 Å². The van der Waals surface area contributed by atoms with E-state index in [4.69, 9.17) is 0 Å². The molecule has 0 aromatic carbocycles. The molecular formula is C22H38O. The first-order valence-corrected chi connectivity index (χ1v) is 10.2. The lowest BCUT2D eigenvalue weighted by Crippen LogP contribution is -2.53. The largest absolute Gasteiger partial charge is 0.300 e. The monoisotopic (exact) mass is 318 g/mol. The number of ketones is 1. The maximum atomic E-state index is 12.7. The first-order valence-electron chi connectivity index (χ1n) is 10.2. The second kappa shape index (κ2) is 5.88. The Kier molecular flexibility index (Phi) is 4.47. The first kappa shape index (κ1) is 17.5. The van der Waals surface area contributed by atoms with E-state index in [2.05, 4.69) is 34.6 Å². The molecule has 3 fully saturated rings. The molecule has 0 aromatic heterocycles. The molecule has 0 N–H and O–H groups in total. The van der Waals surface area contributed by atoms with Gasteiger partial charge in [-0.3, -0.25) is 4.79 Å². The van der Waals surface area contributed by atoms with E-state index in [1.54, 1.807) is 0 Å². The van der Waals surface area contributed by atoms with Crippen molar-refractivity contribution in [3.8, 4) is 0 Å². The Labute approximate surface area is 144 Å². The normalized spacial score (nSPS) is 49.7. The average molecular weight is 319 g/mol. The predicted molar refractivity (Wildman–Crippen MR) is 97.2 cm³/mol. The fourth-order valence-corrected chi connectivity index (χ4v) is 7.36. The number of fused-ring (bicyclic) bond motifs is 3. The SMILES string of the molecule is CC(=O)C1C[C@]2(C)CCC[C@@H](C)[C@H]2C[C@@H]2CC[C@@H](C)[C@H]1C2(C)C. The number of hydrogen-bond donors (Lipinski definition) is 0. The predicted octanol–water partition coefficient (Wildman–Crippen LogP) is 6.12. The third-order valence-corrected chi connectivity index (χ3v) is 8.66. The molecule has 2 bridgehead atoms. The van der Waals surface area contributed by atoms with Crippen LogP contribution in [-0.2, 0) is 4.79 Å². The molecular weight excluding hydrogens is 280 g/mol. The summed E-state index contributed by atoms with van der Waals surface area (Å²) < 4.78 is 0. The van der Waals surface area contributed by atoms with Crippen LogP contribution in [0.15, 0.2) is 0 Å². The van der Waals surface area contributed by atoms with Gasteiger partial charge in [0.15, 0.2) is 0 Å². The zero-order chi connectivity index (χ0) is 17.0. The van der Waals surface area contributed by atoms with Gasteiger partial charge in [-0.05, 0) is 73.0 Å². The summed E-state index contributed by atoms with van der Waals surface area (Å²) in [6.45, 7) is 14.3. The maximum Gasteiger partial charge on any atom is 0.133 e. The highest BCUT2D eigenvalue weighted by atomic mass is 16.1. The van der Waals surface area contributed by atoms with E-state index in [0.717, 1.165) is 24.2 Å². The molecule has 1 nitrogen and oxygen atoms in total. The summed E-state index contributed by atoms with van der Waals surface area (Å²) in [6, 6.07) is 0. The van der Waals surface area contributed by atoms with Crippen molar-refractivity contribution in [2.24, 2.45) is 46.3 Å². The summed E-state index contributed by atoms with van der Waals surface area (Å²) in [6.07, 6.45) is 9.40. The summed E-state index contributed by atoms with van der Waals surface area (Å²) in [5, 5.41) is 0.